The van der Waals surface area contributed by atoms with E-state index in [9.17, 15) is 13.2 Å². The molecule has 1 N–H and O–H groups in total. The number of hydrogen-bond donors (Lipinski definition) is 1. The minimum absolute atomic E-state index is 0.193. The molecule has 7 nitrogen and oxygen atoms in total. The third-order valence-corrected chi connectivity index (χ3v) is 4.49. The maximum atomic E-state index is 13.0. The van der Waals surface area contributed by atoms with Crippen molar-refractivity contribution in [2.45, 2.75) is 13.3 Å². The maximum Gasteiger partial charge on any atom is 0.466 e. The lowest BCUT2D eigenvalue weighted by molar-refractivity contribution is 0.0986. The number of amides is 1. The highest BCUT2D eigenvalue weighted by molar-refractivity contribution is 7.80. The van der Waals surface area contributed by atoms with Gasteiger partial charge in [0.25, 0.3) is 5.91 Å². The first-order chi connectivity index (χ1) is 12.3. The van der Waals surface area contributed by atoms with Gasteiger partial charge in [-0.2, -0.15) is 8.42 Å². The number of benzene rings is 2. The summed E-state index contributed by atoms with van der Waals surface area (Å²) in [4.78, 5) is 14.6. The van der Waals surface area contributed by atoms with Crippen LogP contribution in [0.2, 0.25) is 5.02 Å². The number of nitrogens with zero attached hydrogens (tertiary/aromatic N) is 2. The third-order valence-electron chi connectivity index (χ3n) is 4.00. The zero-order valence-corrected chi connectivity index (χ0v) is 15.3. The standard InChI is InChI=1S/C17H15ClN2O5S/c1-11-4-2-3-5-13(11)17(21)20-9-8-15(19-25-26(22,23)24)14-7-6-12(18)10-16(14)20/h2-7,10H,8-9H2,1H3,(H,22,23,24)/b19-15+. The Bertz CT molecular complexity index is 1000. The van der Waals surface area contributed by atoms with Crippen molar-refractivity contribution in [3.63, 3.8) is 0 Å². The highest BCUT2D eigenvalue weighted by atomic mass is 35.5. The number of halogens is 1. The molecule has 0 aromatic heterocycles. The summed E-state index contributed by atoms with van der Waals surface area (Å²) in [6.07, 6.45) is 0.252. The number of fused-ring (bicyclic) bond motifs is 1. The van der Waals surface area contributed by atoms with Crippen LogP contribution in [0.5, 0.6) is 0 Å². The molecule has 26 heavy (non-hydrogen) atoms. The predicted molar refractivity (Wildman–Crippen MR) is 98.1 cm³/mol. The normalized spacial score (nSPS) is 15.7. The van der Waals surface area contributed by atoms with Gasteiger partial charge in [-0.15, -0.1) is 0 Å². The molecule has 0 atom stereocenters. The number of carbonyl (C=O) groups excluding carboxylic acids is 1. The van der Waals surface area contributed by atoms with Gasteiger partial charge in [-0.3, -0.25) is 9.35 Å². The molecule has 1 amide bonds. The summed E-state index contributed by atoms with van der Waals surface area (Å²) in [5.41, 5.74) is 2.70. The second-order valence-corrected chi connectivity index (χ2v) is 7.16. The second kappa shape index (κ2) is 7.06. The summed E-state index contributed by atoms with van der Waals surface area (Å²) in [7, 11) is -4.71. The van der Waals surface area contributed by atoms with Crippen LogP contribution in [0.4, 0.5) is 5.69 Å². The molecule has 2 aromatic carbocycles. The number of rotatable bonds is 3. The van der Waals surface area contributed by atoms with Crippen molar-refractivity contribution in [1.82, 2.24) is 0 Å². The molecule has 0 saturated carbocycles. The highest BCUT2D eigenvalue weighted by Gasteiger charge is 2.28. The molecule has 3 rings (SSSR count). The summed E-state index contributed by atoms with van der Waals surface area (Å²) < 4.78 is 34.4. The van der Waals surface area contributed by atoms with Gasteiger partial charge in [-0.05, 0) is 36.8 Å². The fourth-order valence-electron chi connectivity index (χ4n) is 2.80. The van der Waals surface area contributed by atoms with E-state index in [-0.39, 0.29) is 18.9 Å². The van der Waals surface area contributed by atoms with Crippen molar-refractivity contribution in [3.8, 4) is 0 Å². The van der Waals surface area contributed by atoms with Crippen LogP contribution < -0.4 is 4.90 Å². The SMILES string of the molecule is Cc1ccccc1C(=O)N1CC/C(=N\OS(=O)(=O)O)c2ccc(Cl)cc21. The van der Waals surface area contributed by atoms with E-state index >= 15 is 0 Å². The molecule has 0 spiro atoms. The molecule has 136 valence electrons. The number of oxime groups is 1. The van der Waals surface area contributed by atoms with E-state index in [0.717, 1.165) is 5.56 Å². The van der Waals surface area contributed by atoms with Gasteiger partial charge in [-0.1, -0.05) is 35.0 Å². The topological polar surface area (TPSA) is 96.3 Å². The summed E-state index contributed by atoms with van der Waals surface area (Å²) in [6, 6.07) is 12.1. The Balaban J connectivity index is 2.03. The van der Waals surface area contributed by atoms with Gasteiger partial charge in [0, 0.05) is 29.1 Å². The first kappa shape index (κ1) is 18.4. The molecule has 2 aromatic rings. The maximum absolute atomic E-state index is 13.0. The lowest BCUT2D eigenvalue weighted by atomic mass is 9.98. The van der Waals surface area contributed by atoms with E-state index < -0.39 is 10.4 Å². The van der Waals surface area contributed by atoms with Crippen molar-refractivity contribution in [2.75, 3.05) is 11.4 Å². The van der Waals surface area contributed by atoms with Gasteiger partial charge in [-0.25, -0.2) is 4.28 Å². The Morgan fingerprint density at radius 1 is 1.27 bits per heavy atom. The monoisotopic (exact) mass is 394 g/mol. The highest BCUT2D eigenvalue weighted by Crippen LogP contribution is 2.32. The minimum atomic E-state index is -4.71. The van der Waals surface area contributed by atoms with Crippen LogP contribution in [0.25, 0.3) is 0 Å². The molecule has 1 heterocycles. The molecule has 0 fully saturated rings. The van der Waals surface area contributed by atoms with Crippen LogP contribution in [0.15, 0.2) is 47.6 Å². The average molecular weight is 395 g/mol. The van der Waals surface area contributed by atoms with Crippen molar-refractivity contribution in [3.05, 3.63) is 64.2 Å². The number of anilines is 1. The lowest BCUT2D eigenvalue weighted by Crippen LogP contribution is -2.38. The molecular formula is C17H15ClN2O5S. The Kier molecular flexibility index (Phi) is 4.99. The molecule has 0 radical (unpaired) electrons. The second-order valence-electron chi connectivity index (χ2n) is 5.72. The van der Waals surface area contributed by atoms with Gasteiger partial charge in [0.15, 0.2) is 0 Å². The Hall–Kier alpha value is -2.42. The van der Waals surface area contributed by atoms with Crippen LogP contribution in [0, 0.1) is 6.92 Å². The van der Waals surface area contributed by atoms with Gasteiger partial charge in [0.1, 0.15) is 0 Å². The van der Waals surface area contributed by atoms with E-state index in [4.69, 9.17) is 16.2 Å². The summed E-state index contributed by atoms with van der Waals surface area (Å²) in [5, 5.41) is 3.93. The van der Waals surface area contributed by atoms with E-state index in [1.54, 1.807) is 35.2 Å². The first-order valence-corrected chi connectivity index (χ1v) is 9.41. The lowest BCUT2D eigenvalue weighted by Gasteiger charge is -2.30. The Morgan fingerprint density at radius 2 is 2.00 bits per heavy atom. The molecule has 1 aliphatic heterocycles. The quantitative estimate of drug-likeness (QED) is 0.636. The van der Waals surface area contributed by atoms with Gasteiger partial charge < -0.3 is 4.90 Å². The van der Waals surface area contributed by atoms with E-state index in [2.05, 4.69) is 9.44 Å². The zero-order chi connectivity index (χ0) is 18.9. The van der Waals surface area contributed by atoms with Gasteiger partial charge >= 0.3 is 10.4 Å². The number of carbonyl (C=O) groups is 1. The minimum Gasteiger partial charge on any atom is -0.307 e. The predicted octanol–water partition coefficient (Wildman–Crippen LogP) is 3.22. The Morgan fingerprint density at radius 3 is 2.69 bits per heavy atom. The van der Waals surface area contributed by atoms with Crippen LogP contribution in [0.1, 0.15) is 27.9 Å². The summed E-state index contributed by atoms with van der Waals surface area (Å²) in [6.45, 7) is 2.11. The van der Waals surface area contributed by atoms with Crippen molar-refractivity contribution in [2.24, 2.45) is 5.16 Å². The molecular weight excluding hydrogens is 380 g/mol. The third kappa shape index (κ3) is 3.87. The van der Waals surface area contributed by atoms with E-state index in [1.807, 2.05) is 19.1 Å². The van der Waals surface area contributed by atoms with Crippen molar-refractivity contribution < 1.29 is 22.0 Å². The first-order valence-electron chi connectivity index (χ1n) is 7.66. The fraction of sp³-hybridized carbons (Fsp3) is 0.176. The molecule has 0 saturated heterocycles. The Labute approximate surface area is 155 Å². The van der Waals surface area contributed by atoms with E-state index in [1.165, 1.54) is 0 Å². The molecule has 0 bridgehead atoms. The summed E-state index contributed by atoms with van der Waals surface area (Å²) in [5.74, 6) is -0.193. The van der Waals surface area contributed by atoms with Gasteiger partial charge in [0.05, 0.1) is 11.4 Å². The van der Waals surface area contributed by atoms with Crippen LogP contribution >= 0.6 is 11.6 Å². The molecule has 0 aliphatic carbocycles. The number of aryl methyl sites for hydroxylation is 1. The van der Waals surface area contributed by atoms with Crippen molar-refractivity contribution >= 4 is 39.3 Å². The smallest absolute Gasteiger partial charge is 0.307 e. The van der Waals surface area contributed by atoms with Crippen molar-refractivity contribution in [1.29, 1.82) is 0 Å². The molecule has 0 unspecified atom stereocenters. The van der Waals surface area contributed by atoms with Crippen LogP contribution in [0.3, 0.4) is 0 Å². The van der Waals surface area contributed by atoms with Crippen LogP contribution in [-0.4, -0.2) is 31.1 Å². The zero-order valence-electron chi connectivity index (χ0n) is 13.7. The fourth-order valence-corrected chi connectivity index (χ4v) is 3.15. The van der Waals surface area contributed by atoms with E-state index in [0.29, 0.717) is 27.5 Å². The molecule has 1 aliphatic rings. The van der Waals surface area contributed by atoms with Crippen LogP contribution in [-0.2, 0) is 14.7 Å². The largest absolute Gasteiger partial charge is 0.466 e. The number of hydrogen-bond acceptors (Lipinski definition) is 5. The van der Waals surface area contributed by atoms with Gasteiger partial charge in [0.2, 0.25) is 0 Å². The summed E-state index contributed by atoms with van der Waals surface area (Å²) >= 11 is 6.08. The average Bonchev–Trinajstić information content (AvgIpc) is 2.58. The molecule has 9 heteroatoms.